The molecule has 0 saturated heterocycles. The number of rotatable bonds is 1. The quantitative estimate of drug-likeness (QED) is 0.608. The summed E-state index contributed by atoms with van der Waals surface area (Å²) in [5.41, 5.74) is 6.47. The lowest BCUT2D eigenvalue weighted by molar-refractivity contribution is 0.571. The summed E-state index contributed by atoms with van der Waals surface area (Å²) in [6, 6.07) is 5.81. The van der Waals surface area contributed by atoms with Crippen molar-refractivity contribution in [3.63, 3.8) is 0 Å². The molecule has 18 heavy (non-hydrogen) atoms. The van der Waals surface area contributed by atoms with E-state index in [1.807, 2.05) is 25.1 Å². The summed E-state index contributed by atoms with van der Waals surface area (Å²) in [4.78, 5) is 4.74. The molecule has 0 radical (unpaired) electrons. The summed E-state index contributed by atoms with van der Waals surface area (Å²) in [5, 5.41) is 1.72. The van der Waals surface area contributed by atoms with Crippen LogP contribution in [0.15, 0.2) is 18.2 Å². The molecule has 1 aromatic carbocycles. The molecule has 0 aliphatic carbocycles. The summed E-state index contributed by atoms with van der Waals surface area (Å²) in [6.45, 7) is 8.36. The highest BCUT2D eigenvalue weighted by Crippen LogP contribution is 2.32. The van der Waals surface area contributed by atoms with E-state index in [0.717, 1.165) is 32.9 Å². The number of fused-ring (bicyclic) bond motifs is 1. The molecule has 2 aromatic rings. The molecule has 0 atom stereocenters. The second-order valence-electron chi connectivity index (χ2n) is 5.52. The van der Waals surface area contributed by atoms with Gasteiger partial charge in [-0.1, -0.05) is 32.4 Å². The Morgan fingerprint density at radius 3 is 2.50 bits per heavy atom. The van der Waals surface area contributed by atoms with E-state index in [1.54, 1.807) is 0 Å². The maximum Gasteiger partial charge on any atom is 0.0770 e. The van der Waals surface area contributed by atoms with Gasteiger partial charge in [0, 0.05) is 21.5 Å². The highest BCUT2D eigenvalue weighted by molar-refractivity contribution is 6.32. The molecule has 1 heterocycles. The number of pyridine rings is 1. The Bertz CT molecular complexity index is 600. The number of hydrogen-bond donors (Lipinski definition) is 2. The summed E-state index contributed by atoms with van der Waals surface area (Å²) >= 11 is 6.16. The fraction of sp³-hybridized carbons (Fsp3) is 0.357. The Labute approximate surface area is 112 Å². The fourth-order valence-corrected chi connectivity index (χ4v) is 2.06. The second-order valence-corrected chi connectivity index (χ2v) is 5.93. The first-order chi connectivity index (χ1) is 8.34. The van der Waals surface area contributed by atoms with E-state index < -0.39 is 0 Å². The lowest BCUT2D eigenvalue weighted by atomic mass is 9.90. The number of nitrogens with zero attached hydrogens (tertiary/aromatic N) is 1. The number of nitrogens with one attached hydrogen (secondary N) is 1. The van der Waals surface area contributed by atoms with Crippen LogP contribution in [0.1, 0.15) is 32.0 Å². The first-order valence-electron chi connectivity index (χ1n) is 5.91. The lowest BCUT2D eigenvalue weighted by Crippen LogP contribution is -2.16. The van der Waals surface area contributed by atoms with Crippen LogP contribution in [-0.2, 0) is 5.41 Å². The third-order valence-electron chi connectivity index (χ3n) is 3.09. The van der Waals surface area contributed by atoms with E-state index in [-0.39, 0.29) is 5.41 Å². The molecule has 0 amide bonds. The van der Waals surface area contributed by atoms with E-state index >= 15 is 0 Å². The minimum absolute atomic E-state index is 0.0332. The first kappa shape index (κ1) is 13.1. The summed E-state index contributed by atoms with van der Waals surface area (Å²) in [7, 11) is 0. The molecule has 0 fully saturated rings. The molecule has 1 aromatic heterocycles. The molecule has 2 rings (SSSR count). The van der Waals surface area contributed by atoms with Crippen LogP contribution >= 0.6 is 11.6 Å². The lowest BCUT2D eigenvalue weighted by Gasteiger charge is -2.20. The number of nitrogen functional groups attached to an aromatic ring is 1. The van der Waals surface area contributed by atoms with Crippen LogP contribution in [-0.4, -0.2) is 4.98 Å². The topological polar surface area (TPSA) is 50.9 Å². The van der Waals surface area contributed by atoms with Crippen molar-refractivity contribution in [1.82, 2.24) is 4.98 Å². The van der Waals surface area contributed by atoms with Gasteiger partial charge in [0.25, 0.3) is 0 Å². The van der Waals surface area contributed by atoms with Gasteiger partial charge in [0.05, 0.1) is 11.2 Å². The maximum atomic E-state index is 6.16. The number of hydrogen-bond acceptors (Lipinski definition) is 3. The summed E-state index contributed by atoms with van der Waals surface area (Å²) < 4.78 is 0. The molecule has 0 unspecified atom stereocenters. The minimum atomic E-state index is -0.0332. The van der Waals surface area contributed by atoms with Crippen LogP contribution in [0.4, 0.5) is 5.69 Å². The normalized spacial score (nSPS) is 11.9. The predicted molar refractivity (Wildman–Crippen MR) is 78.0 cm³/mol. The van der Waals surface area contributed by atoms with Crippen molar-refractivity contribution in [1.29, 1.82) is 0 Å². The van der Waals surface area contributed by atoms with Crippen molar-refractivity contribution < 1.29 is 0 Å². The van der Waals surface area contributed by atoms with Crippen LogP contribution in [0.2, 0.25) is 5.02 Å². The molecule has 0 aliphatic rings. The highest BCUT2D eigenvalue weighted by Gasteiger charge is 2.18. The van der Waals surface area contributed by atoms with E-state index in [2.05, 4.69) is 26.2 Å². The van der Waals surface area contributed by atoms with Gasteiger partial charge in [-0.2, -0.15) is 0 Å². The molecule has 0 bridgehead atoms. The molecule has 3 nitrogen and oxygen atoms in total. The Morgan fingerprint density at radius 2 is 1.94 bits per heavy atom. The molecule has 0 aliphatic heterocycles. The number of anilines is 1. The van der Waals surface area contributed by atoms with Gasteiger partial charge >= 0.3 is 0 Å². The zero-order valence-corrected chi connectivity index (χ0v) is 11.9. The minimum Gasteiger partial charge on any atom is -0.323 e. The average molecular weight is 264 g/mol. The molecule has 3 N–H and O–H groups in total. The van der Waals surface area contributed by atoms with Gasteiger partial charge in [0.15, 0.2) is 0 Å². The van der Waals surface area contributed by atoms with Gasteiger partial charge in [0.2, 0.25) is 0 Å². The van der Waals surface area contributed by atoms with E-state index in [9.17, 15) is 0 Å². The monoisotopic (exact) mass is 263 g/mol. The van der Waals surface area contributed by atoms with Gasteiger partial charge in [-0.15, -0.1) is 0 Å². The molecule has 96 valence electrons. The first-order valence-corrected chi connectivity index (χ1v) is 6.29. The van der Waals surface area contributed by atoms with Crippen molar-refractivity contribution >= 4 is 28.2 Å². The smallest absolute Gasteiger partial charge is 0.0770 e. The predicted octanol–water partition coefficient (Wildman–Crippen LogP) is 3.78. The van der Waals surface area contributed by atoms with Crippen LogP contribution < -0.4 is 11.3 Å². The number of aromatic nitrogens is 1. The Hall–Kier alpha value is -1.32. The summed E-state index contributed by atoms with van der Waals surface area (Å²) in [6.07, 6.45) is 0. The Balaban J connectivity index is 2.85. The largest absolute Gasteiger partial charge is 0.323 e. The molecular weight excluding hydrogens is 246 g/mol. The average Bonchev–Trinajstić information content (AvgIpc) is 2.31. The SMILES string of the molecule is Cc1c(Cl)ccc2c(NN)cc(C(C)(C)C)nc12. The van der Waals surface area contributed by atoms with Crippen LogP contribution in [0.3, 0.4) is 0 Å². The number of halogens is 1. The van der Waals surface area contributed by atoms with E-state index in [1.165, 1.54) is 0 Å². The molecule has 4 heteroatoms. The van der Waals surface area contributed by atoms with Crippen LogP contribution in [0.25, 0.3) is 10.9 Å². The number of nitrogens with two attached hydrogens (primary N) is 1. The van der Waals surface area contributed by atoms with Gasteiger partial charge < -0.3 is 5.43 Å². The number of aryl methyl sites for hydroxylation is 1. The van der Waals surface area contributed by atoms with Crippen LogP contribution in [0, 0.1) is 6.92 Å². The van der Waals surface area contributed by atoms with Crippen LogP contribution in [0.5, 0.6) is 0 Å². The van der Waals surface area contributed by atoms with Gasteiger partial charge in [-0.25, -0.2) is 0 Å². The molecule has 0 spiro atoms. The third-order valence-corrected chi connectivity index (χ3v) is 3.50. The second kappa shape index (κ2) is 4.41. The Morgan fingerprint density at radius 1 is 1.28 bits per heavy atom. The highest BCUT2D eigenvalue weighted by atomic mass is 35.5. The number of benzene rings is 1. The van der Waals surface area contributed by atoms with Gasteiger partial charge in [-0.3, -0.25) is 10.8 Å². The van der Waals surface area contributed by atoms with Crippen molar-refractivity contribution in [3.05, 3.63) is 34.5 Å². The number of hydrazine groups is 1. The standard InChI is InChI=1S/C14H18ClN3/c1-8-10(15)6-5-9-11(18-16)7-12(14(2,3)4)17-13(8)9/h5-7H,16H2,1-4H3,(H,17,18). The maximum absolute atomic E-state index is 6.16. The van der Waals surface area contributed by atoms with E-state index in [4.69, 9.17) is 22.4 Å². The van der Waals surface area contributed by atoms with Gasteiger partial charge in [-0.05, 0) is 30.7 Å². The fourth-order valence-electron chi connectivity index (χ4n) is 1.91. The van der Waals surface area contributed by atoms with Crippen molar-refractivity contribution in [2.75, 3.05) is 5.43 Å². The van der Waals surface area contributed by atoms with Crippen molar-refractivity contribution in [2.45, 2.75) is 33.1 Å². The zero-order valence-electron chi connectivity index (χ0n) is 11.1. The van der Waals surface area contributed by atoms with Crippen molar-refractivity contribution in [3.8, 4) is 0 Å². The summed E-state index contributed by atoms with van der Waals surface area (Å²) in [5.74, 6) is 5.61. The van der Waals surface area contributed by atoms with Gasteiger partial charge in [0.1, 0.15) is 0 Å². The van der Waals surface area contributed by atoms with E-state index in [0.29, 0.717) is 0 Å². The third kappa shape index (κ3) is 2.16. The zero-order chi connectivity index (χ0) is 13.5. The molecular formula is C14H18ClN3. The Kier molecular flexibility index (Phi) is 3.21. The van der Waals surface area contributed by atoms with Crippen molar-refractivity contribution in [2.24, 2.45) is 5.84 Å². The molecule has 0 saturated carbocycles.